The summed E-state index contributed by atoms with van der Waals surface area (Å²) in [4.78, 5) is 0. The van der Waals surface area contributed by atoms with Crippen LogP contribution in [0, 0.1) is 5.92 Å². The Morgan fingerprint density at radius 2 is 2.09 bits per heavy atom. The number of rotatable bonds is 3. The second-order valence-electron chi connectivity index (χ2n) is 3.70. The summed E-state index contributed by atoms with van der Waals surface area (Å²) in [6.45, 7) is 0. The molecular weight excluding hydrogens is 154 g/mol. The lowest BCUT2D eigenvalue weighted by Crippen LogP contribution is -2.47. The third-order valence-electron chi connectivity index (χ3n) is 3.13. The van der Waals surface area contributed by atoms with Crippen LogP contribution in [0.2, 0.25) is 0 Å². The fourth-order valence-electron chi connectivity index (χ4n) is 2.06. The standard InChI is InChI=1S/C9H17NS/c1-10-9(7-3-2-4-7)8-5-6-11-8/h7-10H,2-6H2,1H3. The maximum atomic E-state index is 3.49. The molecule has 2 unspecified atom stereocenters. The van der Waals surface area contributed by atoms with Crippen LogP contribution in [0.3, 0.4) is 0 Å². The Bertz CT molecular complexity index is 116. The van der Waals surface area contributed by atoms with Gasteiger partial charge in [0.15, 0.2) is 0 Å². The van der Waals surface area contributed by atoms with Crippen molar-refractivity contribution < 1.29 is 0 Å². The van der Waals surface area contributed by atoms with Crippen molar-refractivity contribution in [2.24, 2.45) is 5.92 Å². The average molecular weight is 171 g/mol. The van der Waals surface area contributed by atoms with E-state index in [1.807, 2.05) is 0 Å². The summed E-state index contributed by atoms with van der Waals surface area (Å²) in [5.41, 5.74) is 0. The molecule has 0 bridgehead atoms. The summed E-state index contributed by atoms with van der Waals surface area (Å²) >= 11 is 2.15. The second-order valence-corrected chi connectivity index (χ2v) is 5.05. The van der Waals surface area contributed by atoms with Crippen molar-refractivity contribution in [2.45, 2.75) is 37.0 Å². The van der Waals surface area contributed by atoms with Crippen LogP contribution >= 0.6 is 11.8 Å². The highest BCUT2D eigenvalue weighted by atomic mass is 32.2. The van der Waals surface area contributed by atoms with E-state index >= 15 is 0 Å². The molecule has 1 aliphatic heterocycles. The summed E-state index contributed by atoms with van der Waals surface area (Å²) in [6, 6.07) is 0.836. The predicted octanol–water partition coefficient (Wildman–Crippen LogP) is 1.88. The van der Waals surface area contributed by atoms with Crippen molar-refractivity contribution in [1.29, 1.82) is 0 Å². The van der Waals surface area contributed by atoms with E-state index in [9.17, 15) is 0 Å². The Morgan fingerprint density at radius 3 is 2.36 bits per heavy atom. The normalized spacial score (nSPS) is 34.1. The largest absolute Gasteiger partial charge is 0.316 e. The number of hydrogen-bond acceptors (Lipinski definition) is 2. The van der Waals surface area contributed by atoms with Gasteiger partial charge in [0.25, 0.3) is 0 Å². The minimum absolute atomic E-state index is 0.836. The quantitative estimate of drug-likeness (QED) is 0.696. The molecule has 0 amide bonds. The smallest absolute Gasteiger partial charge is 0.0212 e. The zero-order chi connectivity index (χ0) is 7.68. The molecule has 1 aliphatic carbocycles. The first-order valence-electron chi connectivity index (χ1n) is 4.70. The van der Waals surface area contributed by atoms with Crippen molar-refractivity contribution in [2.75, 3.05) is 12.8 Å². The first-order chi connectivity index (χ1) is 5.42. The van der Waals surface area contributed by atoms with Gasteiger partial charge < -0.3 is 5.32 Å². The molecule has 64 valence electrons. The van der Waals surface area contributed by atoms with Crippen LogP contribution < -0.4 is 5.32 Å². The lowest BCUT2D eigenvalue weighted by atomic mass is 9.78. The van der Waals surface area contributed by atoms with Crippen molar-refractivity contribution in [3.63, 3.8) is 0 Å². The number of thioether (sulfide) groups is 1. The molecule has 2 fully saturated rings. The molecule has 2 atom stereocenters. The Labute approximate surface area is 73.3 Å². The third kappa shape index (κ3) is 1.43. The summed E-state index contributed by atoms with van der Waals surface area (Å²) in [7, 11) is 2.13. The summed E-state index contributed by atoms with van der Waals surface area (Å²) in [6.07, 6.45) is 5.87. The highest BCUT2D eigenvalue weighted by Crippen LogP contribution is 2.39. The van der Waals surface area contributed by atoms with E-state index in [-0.39, 0.29) is 0 Å². The molecule has 2 aliphatic rings. The Kier molecular flexibility index (Phi) is 2.42. The fourth-order valence-corrected chi connectivity index (χ4v) is 3.13. The van der Waals surface area contributed by atoms with Crippen LogP contribution in [0.4, 0.5) is 0 Å². The topological polar surface area (TPSA) is 12.0 Å². The fraction of sp³-hybridized carbons (Fsp3) is 1.00. The molecule has 1 N–H and O–H groups in total. The van der Waals surface area contributed by atoms with Gasteiger partial charge in [0.2, 0.25) is 0 Å². The van der Waals surface area contributed by atoms with Gasteiger partial charge in [0, 0.05) is 11.3 Å². The Morgan fingerprint density at radius 1 is 1.36 bits per heavy atom. The number of nitrogens with one attached hydrogen (secondary N) is 1. The monoisotopic (exact) mass is 171 g/mol. The van der Waals surface area contributed by atoms with Crippen LogP contribution in [-0.4, -0.2) is 24.1 Å². The molecule has 0 aromatic heterocycles. The van der Waals surface area contributed by atoms with Gasteiger partial charge in [-0.25, -0.2) is 0 Å². The third-order valence-corrected chi connectivity index (χ3v) is 4.55. The van der Waals surface area contributed by atoms with E-state index in [0.29, 0.717) is 0 Å². The van der Waals surface area contributed by atoms with Gasteiger partial charge in [0.1, 0.15) is 0 Å². The van der Waals surface area contributed by atoms with Gasteiger partial charge in [0.05, 0.1) is 0 Å². The molecule has 0 spiro atoms. The van der Waals surface area contributed by atoms with E-state index in [4.69, 9.17) is 0 Å². The molecule has 2 heteroatoms. The van der Waals surface area contributed by atoms with Crippen molar-refractivity contribution in [3.8, 4) is 0 Å². The summed E-state index contributed by atoms with van der Waals surface area (Å²) in [5, 5.41) is 4.43. The first kappa shape index (κ1) is 7.93. The van der Waals surface area contributed by atoms with Gasteiger partial charge in [-0.15, -0.1) is 0 Å². The van der Waals surface area contributed by atoms with E-state index in [2.05, 4.69) is 24.1 Å². The summed E-state index contributed by atoms with van der Waals surface area (Å²) in [5.74, 6) is 2.41. The maximum absolute atomic E-state index is 3.49. The van der Waals surface area contributed by atoms with Crippen molar-refractivity contribution >= 4 is 11.8 Å². The molecule has 1 heterocycles. The molecule has 1 saturated carbocycles. The van der Waals surface area contributed by atoms with Gasteiger partial charge in [-0.3, -0.25) is 0 Å². The SMILES string of the molecule is CNC(C1CCC1)C1CCS1. The minimum Gasteiger partial charge on any atom is -0.316 e. The predicted molar refractivity (Wildman–Crippen MR) is 51.1 cm³/mol. The molecular formula is C9H17NS. The molecule has 0 aromatic rings. The lowest BCUT2D eigenvalue weighted by Gasteiger charge is -2.41. The van der Waals surface area contributed by atoms with Gasteiger partial charge in [-0.2, -0.15) is 11.8 Å². The van der Waals surface area contributed by atoms with Gasteiger partial charge >= 0.3 is 0 Å². The zero-order valence-corrected chi connectivity index (χ0v) is 7.99. The molecule has 2 rings (SSSR count). The van der Waals surface area contributed by atoms with Crippen LogP contribution in [0.1, 0.15) is 25.7 Å². The van der Waals surface area contributed by atoms with Crippen molar-refractivity contribution in [3.05, 3.63) is 0 Å². The van der Waals surface area contributed by atoms with Crippen LogP contribution in [0.15, 0.2) is 0 Å². The molecule has 0 radical (unpaired) electrons. The van der Waals surface area contributed by atoms with Crippen LogP contribution in [0.25, 0.3) is 0 Å². The van der Waals surface area contributed by atoms with Gasteiger partial charge in [-0.1, -0.05) is 6.42 Å². The molecule has 0 aromatic carbocycles. The summed E-state index contributed by atoms with van der Waals surface area (Å²) < 4.78 is 0. The van der Waals surface area contributed by atoms with Crippen LogP contribution in [0.5, 0.6) is 0 Å². The van der Waals surface area contributed by atoms with E-state index in [0.717, 1.165) is 17.2 Å². The van der Waals surface area contributed by atoms with E-state index < -0.39 is 0 Å². The second kappa shape index (κ2) is 3.36. The van der Waals surface area contributed by atoms with E-state index in [1.165, 1.54) is 31.4 Å². The molecule has 1 nitrogen and oxygen atoms in total. The Balaban J connectivity index is 1.83. The first-order valence-corrected chi connectivity index (χ1v) is 5.75. The lowest BCUT2D eigenvalue weighted by molar-refractivity contribution is 0.228. The molecule has 11 heavy (non-hydrogen) atoms. The highest BCUT2D eigenvalue weighted by molar-refractivity contribution is 8.01. The highest BCUT2D eigenvalue weighted by Gasteiger charge is 2.35. The maximum Gasteiger partial charge on any atom is 0.0212 e. The molecule has 1 saturated heterocycles. The zero-order valence-electron chi connectivity index (χ0n) is 7.18. The van der Waals surface area contributed by atoms with E-state index in [1.54, 1.807) is 0 Å². The Hall–Kier alpha value is 0.310. The van der Waals surface area contributed by atoms with Crippen molar-refractivity contribution in [1.82, 2.24) is 5.32 Å². The minimum atomic E-state index is 0.836. The van der Waals surface area contributed by atoms with Crippen LogP contribution in [-0.2, 0) is 0 Å². The number of hydrogen-bond donors (Lipinski definition) is 1. The van der Waals surface area contributed by atoms with Gasteiger partial charge in [-0.05, 0) is 38.0 Å². The average Bonchev–Trinajstić information content (AvgIpc) is 1.78.